The number of benzene rings is 2. The standard InChI is InChI=1S/C19H13FN4O/c20-14-6-8-15(9-7-14)22-19(25)16-12-18-21-11-10-17(24(18)23-16)13-4-2-1-3-5-13/h1-12H,(H,22,25). The van der Waals surface area contributed by atoms with Crippen molar-refractivity contribution >= 4 is 17.2 Å². The van der Waals surface area contributed by atoms with E-state index in [2.05, 4.69) is 15.4 Å². The second kappa shape index (κ2) is 6.16. The number of nitrogens with one attached hydrogen (secondary N) is 1. The van der Waals surface area contributed by atoms with E-state index in [9.17, 15) is 9.18 Å². The minimum Gasteiger partial charge on any atom is -0.321 e. The van der Waals surface area contributed by atoms with Crippen molar-refractivity contribution in [1.29, 1.82) is 0 Å². The monoisotopic (exact) mass is 332 g/mol. The van der Waals surface area contributed by atoms with E-state index in [0.717, 1.165) is 11.3 Å². The van der Waals surface area contributed by atoms with Gasteiger partial charge in [0.15, 0.2) is 11.3 Å². The Balaban J connectivity index is 1.69. The maximum absolute atomic E-state index is 13.0. The summed E-state index contributed by atoms with van der Waals surface area (Å²) < 4.78 is 14.6. The van der Waals surface area contributed by atoms with Crippen LogP contribution in [0.1, 0.15) is 10.5 Å². The summed E-state index contributed by atoms with van der Waals surface area (Å²) in [7, 11) is 0. The molecule has 0 saturated heterocycles. The Morgan fingerprint density at radius 3 is 2.52 bits per heavy atom. The van der Waals surface area contributed by atoms with E-state index in [1.807, 2.05) is 36.4 Å². The summed E-state index contributed by atoms with van der Waals surface area (Å²) in [6, 6.07) is 18.8. The second-order valence-corrected chi connectivity index (χ2v) is 5.46. The summed E-state index contributed by atoms with van der Waals surface area (Å²) in [4.78, 5) is 16.7. The van der Waals surface area contributed by atoms with Crippen LogP contribution in [0.15, 0.2) is 72.9 Å². The number of anilines is 1. The van der Waals surface area contributed by atoms with Crippen LogP contribution in [0.2, 0.25) is 0 Å². The molecule has 5 nitrogen and oxygen atoms in total. The second-order valence-electron chi connectivity index (χ2n) is 5.46. The Morgan fingerprint density at radius 1 is 1.00 bits per heavy atom. The normalized spacial score (nSPS) is 10.8. The first-order chi connectivity index (χ1) is 12.2. The van der Waals surface area contributed by atoms with Crippen molar-refractivity contribution < 1.29 is 9.18 Å². The summed E-state index contributed by atoms with van der Waals surface area (Å²) >= 11 is 0. The average Bonchev–Trinajstić information content (AvgIpc) is 3.09. The van der Waals surface area contributed by atoms with Crippen LogP contribution in [0.25, 0.3) is 16.9 Å². The van der Waals surface area contributed by atoms with Gasteiger partial charge in [-0.2, -0.15) is 5.10 Å². The molecular weight excluding hydrogens is 319 g/mol. The van der Waals surface area contributed by atoms with Crippen molar-refractivity contribution in [2.75, 3.05) is 5.32 Å². The van der Waals surface area contributed by atoms with Crippen LogP contribution in [0.3, 0.4) is 0 Å². The zero-order valence-corrected chi connectivity index (χ0v) is 13.1. The highest BCUT2D eigenvalue weighted by Crippen LogP contribution is 2.20. The molecule has 0 aliphatic rings. The fourth-order valence-corrected chi connectivity index (χ4v) is 2.56. The van der Waals surface area contributed by atoms with Crippen LogP contribution < -0.4 is 5.32 Å². The van der Waals surface area contributed by atoms with E-state index >= 15 is 0 Å². The predicted octanol–water partition coefficient (Wildman–Crippen LogP) is 3.79. The van der Waals surface area contributed by atoms with Gasteiger partial charge in [0, 0.05) is 23.5 Å². The number of carbonyl (C=O) groups is 1. The molecule has 2 heterocycles. The zero-order valence-electron chi connectivity index (χ0n) is 13.1. The molecule has 0 atom stereocenters. The van der Waals surface area contributed by atoms with Crippen LogP contribution >= 0.6 is 0 Å². The minimum absolute atomic E-state index is 0.236. The van der Waals surface area contributed by atoms with Gasteiger partial charge in [-0.3, -0.25) is 4.79 Å². The van der Waals surface area contributed by atoms with E-state index in [4.69, 9.17) is 0 Å². The van der Waals surface area contributed by atoms with Gasteiger partial charge >= 0.3 is 0 Å². The fraction of sp³-hybridized carbons (Fsp3) is 0. The van der Waals surface area contributed by atoms with Crippen LogP contribution in [0, 0.1) is 5.82 Å². The highest BCUT2D eigenvalue weighted by atomic mass is 19.1. The molecule has 0 bridgehead atoms. The topological polar surface area (TPSA) is 59.3 Å². The summed E-state index contributed by atoms with van der Waals surface area (Å²) in [5.74, 6) is -0.737. The largest absolute Gasteiger partial charge is 0.321 e. The van der Waals surface area contributed by atoms with Crippen LogP contribution in [0.5, 0.6) is 0 Å². The van der Waals surface area contributed by atoms with Gasteiger partial charge in [0.05, 0.1) is 5.69 Å². The molecule has 0 aliphatic heterocycles. The molecule has 0 spiro atoms. The molecule has 1 N–H and O–H groups in total. The number of carbonyl (C=O) groups excluding carboxylic acids is 1. The maximum atomic E-state index is 13.0. The third kappa shape index (κ3) is 2.97. The first-order valence-corrected chi connectivity index (χ1v) is 7.68. The molecule has 122 valence electrons. The number of amides is 1. The Labute approximate surface area is 142 Å². The molecular formula is C19H13FN4O. The third-order valence-corrected chi connectivity index (χ3v) is 3.76. The van der Waals surface area contributed by atoms with Gasteiger partial charge in [-0.15, -0.1) is 0 Å². The Kier molecular flexibility index (Phi) is 3.70. The van der Waals surface area contributed by atoms with E-state index < -0.39 is 0 Å². The van der Waals surface area contributed by atoms with Gasteiger partial charge < -0.3 is 5.32 Å². The third-order valence-electron chi connectivity index (χ3n) is 3.76. The molecule has 0 fully saturated rings. The molecule has 0 saturated carbocycles. The summed E-state index contributed by atoms with van der Waals surface area (Å²) in [5.41, 5.74) is 3.13. The fourth-order valence-electron chi connectivity index (χ4n) is 2.56. The lowest BCUT2D eigenvalue weighted by molar-refractivity contribution is 0.102. The first-order valence-electron chi connectivity index (χ1n) is 7.68. The lowest BCUT2D eigenvalue weighted by atomic mass is 10.1. The Morgan fingerprint density at radius 2 is 1.76 bits per heavy atom. The molecule has 6 heteroatoms. The molecule has 25 heavy (non-hydrogen) atoms. The smallest absolute Gasteiger partial charge is 0.276 e. The highest BCUT2D eigenvalue weighted by molar-refractivity contribution is 6.03. The molecule has 4 rings (SSSR count). The summed E-state index contributed by atoms with van der Waals surface area (Å²) in [5, 5.41) is 7.07. The van der Waals surface area contributed by atoms with Crippen LogP contribution in [0.4, 0.5) is 10.1 Å². The van der Waals surface area contributed by atoms with Gasteiger partial charge in [0.25, 0.3) is 5.91 Å². The first kappa shape index (κ1) is 15.0. The number of hydrogen-bond donors (Lipinski definition) is 1. The van der Waals surface area contributed by atoms with Crippen molar-refractivity contribution in [2.45, 2.75) is 0 Å². The number of fused-ring (bicyclic) bond motifs is 1. The van der Waals surface area contributed by atoms with E-state index in [0.29, 0.717) is 11.3 Å². The summed E-state index contributed by atoms with van der Waals surface area (Å²) in [6.45, 7) is 0. The lowest BCUT2D eigenvalue weighted by Gasteiger charge is -2.04. The number of aromatic nitrogens is 3. The molecule has 2 aromatic heterocycles. The van der Waals surface area contributed by atoms with Crippen LogP contribution in [-0.4, -0.2) is 20.5 Å². The number of halogens is 1. The van der Waals surface area contributed by atoms with Crippen LogP contribution in [-0.2, 0) is 0 Å². The van der Waals surface area contributed by atoms with E-state index in [1.165, 1.54) is 24.3 Å². The number of rotatable bonds is 3. The highest BCUT2D eigenvalue weighted by Gasteiger charge is 2.14. The zero-order chi connectivity index (χ0) is 17.2. The van der Waals surface area contributed by atoms with Crippen molar-refractivity contribution in [3.8, 4) is 11.3 Å². The van der Waals surface area contributed by atoms with Crippen molar-refractivity contribution in [2.24, 2.45) is 0 Å². The molecule has 0 aliphatic carbocycles. The van der Waals surface area contributed by atoms with Crippen molar-refractivity contribution in [3.63, 3.8) is 0 Å². The van der Waals surface area contributed by atoms with Gasteiger partial charge in [-0.1, -0.05) is 30.3 Å². The van der Waals surface area contributed by atoms with Gasteiger partial charge in [0.1, 0.15) is 5.82 Å². The number of hydrogen-bond acceptors (Lipinski definition) is 3. The molecule has 0 unspecified atom stereocenters. The maximum Gasteiger partial charge on any atom is 0.276 e. The molecule has 4 aromatic rings. The minimum atomic E-state index is -0.379. The van der Waals surface area contributed by atoms with Crippen molar-refractivity contribution in [1.82, 2.24) is 14.6 Å². The average molecular weight is 332 g/mol. The Hall–Kier alpha value is -3.54. The quantitative estimate of drug-likeness (QED) is 0.621. The van der Waals surface area contributed by atoms with Gasteiger partial charge in [-0.25, -0.2) is 13.9 Å². The molecule has 2 aromatic carbocycles. The SMILES string of the molecule is O=C(Nc1ccc(F)cc1)c1cc2nccc(-c3ccccc3)n2n1. The van der Waals surface area contributed by atoms with Gasteiger partial charge in [-0.05, 0) is 30.3 Å². The van der Waals surface area contributed by atoms with E-state index in [-0.39, 0.29) is 17.4 Å². The Bertz CT molecular complexity index is 1040. The number of nitrogens with zero attached hydrogens (tertiary/aromatic N) is 3. The molecule has 1 amide bonds. The lowest BCUT2D eigenvalue weighted by Crippen LogP contribution is -2.12. The van der Waals surface area contributed by atoms with Crippen molar-refractivity contribution in [3.05, 3.63) is 84.4 Å². The van der Waals surface area contributed by atoms with E-state index in [1.54, 1.807) is 16.8 Å². The molecule has 0 radical (unpaired) electrons. The van der Waals surface area contributed by atoms with Gasteiger partial charge in [0.2, 0.25) is 0 Å². The predicted molar refractivity (Wildman–Crippen MR) is 92.8 cm³/mol. The summed E-state index contributed by atoms with van der Waals surface area (Å²) in [6.07, 6.45) is 1.68.